The number of benzene rings is 3. The zero-order valence-corrected chi connectivity index (χ0v) is 24.5. The van der Waals surface area contributed by atoms with E-state index >= 15 is 0 Å². The summed E-state index contributed by atoms with van der Waals surface area (Å²) in [5, 5.41) is 3.13. The summed E-state index contributed by atoms with van der Waals surface area (Å²) in [5.41, 5.74) is 5.13. The van der Waals surface area contributed by atoms with E-state index in [4.69, 9.17) is 9.72 Å². The monoisotopic (exact) mass is 578 g/mol. The number of carbonyl (C=O) groups excluding carboxylic acids is 2. The highest BCUT2D eigenvalue weighted by Gasteiger charge is 2.37. The van der Waals surface area contributed by atoms with Crippen LogP contribution in [0, 0.1) is 6.92 Å². The topological polar surface area (TPSA) is 100 Å². The number of carbonyl (C=O) groups is 2. The number of morpholine rings is 1. The molecule has 10 nitrogen and oxygen atoms in total. The number of nitrogens with zero attached hydrogens (tertiary/aromatic N) is 5. The molecule has 0 spiro atoms. The van der Waals surface area contributed by atoms with Gasteiger partial charge < -0.3 is 24.4 Å². The summed E-state index contributed by atoms with van der Waals surface area (Å²) in [6, 6.07) is 22.7. The SMILES string of the molecule is Cc1c(-c2cn(C)c(=O)c(Nc3ccc(C(=O)N4CCOCC4)cc3)n2)cccc1N1C[C@@H](c2ccccc2)N(C)C1=O. The molecule has 2 aliphatic rings. The molecule has 4 aromatic rings. The molecule has 43 heavy (non-hydrogen) atoms. The minimum atomic E-state index is -0.284. The number of rotatable bonds is 6. The average Bonchev–Trinajstić information content (AvgIpc) is 3.33. The highest BCUT2D eigenvalue weighted by atomic mass is 16.5. The lowest BCUT2D eigenvalue weighted by Crippen LogP contribution is -2.40. The normalized spacial score (nSPS) is 17.0. The summed E-state index contributed by atoms with van der Waals surface area (Å²) in [5.74, 6) is 0.122. The fourth-order valence-corrected chi connectivity index (χ4v) is 5.70. The minimum Gasteiger partial charge on any atom is -0.378 e. The molecule has 0 unspecified atom stereocenters. The molecule has 6 rings (SSSR count). The van der Waals surface area contributed by atoms with E-state index in [2.05, 4.69) is 5.32 Å². The van der Waals surface area contributed by atoms with E-state index in [1.807, 2.05) is 62.5 Å². The summed E-state index contributed by atoms with van der Waals surface area (Å²) in [6.45, 7) is 4.72. The molecule has 1 aromatic heterocycles. The van der Waals surface area contributed by atoms with Crippen molar-refractivity contribution in [3.63, 3.8) is 0 Å². The fourth-order valence-electron chi connectivity index (χ4n) is 5.70. The van der Waals surface area contributed by atoms with Gasteiger partial charge in [-0.2, -0.15) is 0 Å². The summed E-state index contributed by atoms with van der Waals surface area (Å²) in [4.78, 5) is 49.3. The van der Waals surface area contributed by atoms with Gasteiger partial charge in [0.15, 0.2) is 5.82 Å². The number of hydrogen-bond acceptors (Lipinski definition) is 6. The van der Waals surface area contributed by atoms with Gasteiger partial charge >= 0.3 is 6.03 Å². The molecule has 10 heteroatoms. The number of aromatic nitrogens is 2. The van der Waals surface area contributed by atoms with E-state index in [-0.39, 0.29) is 29.4 Å². The second-order valence-electron chi connectivity index (χ2n) is 10.9. The van der Waals surface area contributed by atoms with E-state index in [0.717, 1.165) is 22.4 Å². The predicted molar refractivity (Wildman–Crippen MR) is 166 cm³/mol. The van der Waals surface area contributed by atoms with E-state index in [1.165, 1.54) is 4.57 Å². The Labute approximate surface area is 250 Å². The van der Waals surface area contributed by atoms with Gasteiger partial charge in [0.1, 0.15) is 0 Å². The first-order chi connectivity index (χ1) is 20.8. The minimum absolute atomic E-state index is 0.0426. The first-order valence-corrected chi connectivity index (χ1v) is 14.3. The van der Waals surface area contributed by atoms with Gasteiger partial charge in [-0.1, -0.05) is 42.5 Å². The molecule has 220 valence electrons. The number of amides is 3. The van der Waals surface area contributed by atoms with Gasteiger partial charge in [-0.25, -0.2) is 9.78 Å². The molecular formula is C33H34N6O4. The van der Waals surface area contributed by atoms with Gasteiger partial charge in [-0.05, 0) is 48.4 Å². The molecule has 0 aliphatic carbocycles. The molecule has 1 N–H and O–H groups in total. The number of aryl methyl sites for hydroxylation is 1. The van der Waals surface area contributed by atoms with Gasteiger partial charge in [-0.3, -0.25) is 14.5 Å². The van der Waals surface area contributed by atoms with Crippen molar-refractivity contribution in [3.05, 3.63) is 106 Å². The molecule has 1 atom stereocenters. The second-order valence-corrected chi connectivity index (χ2v) is 10.9. The van der Waals surface area contributed by atoms with Crippen LogP contribution in [0.15, 0.2) is 83.8 Å². The largest absolute Gasteiger partial charge is 0.378 e. The van der Waals surface area contributed by atoms with Gasteiger partial charge in [0, 0.05) is 55.9 Å². The Morgan fingerprint density at radius 3 is 2.37 bits per heavy atom. The molecule has 3 amide bonds. The zero-order valence-electron chi connectivity index (χ0n) is 24.5. The molecule has 3 heterocycles. The van der Waals surface area contributed by atoms with Crippen molar-refractivity contribution in [1.29, 1.82) is 0 Å². The Kier molecular flexibility index (Phi) is 7.69. The first kappa shape index (κ1) is 28.2. The van der Waals surface area contributed by atoms with Crippen molar-refractivity contribution >= 4 is 29.1 Å². The van der Waals surface area contributed by atoms with E-state index in [9.17, 15) is 14.4 Å². The van der Waals surface area contributed by atoms with Crippen LogP contribution in [-0.2, 0) is 11.8 Å². The Hall–Kier alpha value is -4.96. The van der Waals surface area contributed by atoms with E-state index < -0.39 is 0 Å². The molecule has 2 saturated heterocycles. The Bertz CT molecular complexity index is 1710. The third-order valence-electron chi connectivity index (χ3n) is 8.18. The standard InChI is InChI=1S/C33H34N6O4/c1-22-26(10-7-11-28(22)39-21-29(37(3)33(39)42)23-8-5-4-6-9-23)27-20-36(2)32(41)30(35-27)34-25-14-12-24(13-15-25)31(40)38-16-18-43-19-17-38/h4-15,20,29H,16-19,21H2,1-3H3,(H,34,35)/t29-/m0/s1. The maximum Gasteiger partial charge on any atom is 0.324 e. The lowest BCUT2D eigenvalue weighted by Gasteiger charge is -2.26. The lowest BCUT2D eigenvalue weighted by molar-refractivity contribution is 0.0303. The Morgan fingerprint density at radius 2 is 1.65 bits per heavy atom. The first-order valence-electron chi connectivity index (χ1n) is 14.3. The molecule has 2 aliphatic heterocycles. The fraction of sp³-hybridized carbons (Fsp3) is 0.273. The van der Waals surface area contributed by atoms with Crippen molar-refractivity contribution in [3.8, 4) is 11.3 Å². The van der Waals surface area contributed by atoms with Crippen molar-refractivity contribution in [1.82, 2.24) is 19.4 Å². The second kappa shape index (κ2) is 11.7. The van der Waals surface area contributed by atoms with Crippen LogP contribution in [0.4, 0.5) is 22.0 Å². The number of ether oxygens (including phenoxy) is 1. The van der Waals surface area contributed by atoms with E-state index in [0.29, 0.717) is 49.8 Å². The molecule has 0 bridgehead atoms. The van der Waals surface area contributed by atoms with Crippen molar-refractivity contribution in [2.24, 2.45) is 7.05 Å². The number of likely N-dealkylation sites (N-methyl/N-ethyl adjacent to an activating group) is 1. The number of anilines is 3. The molecule has 3 aromatic carbocycles. The zero-order chi connectivity index (χ0) is 30.1. The molecule has 0 saturated carbocycles. The Balaban J connectivity index is 1.26. The van der Waals surface area contributed by atoms with Crippen LogP contribution < -0.4 is 15.8 Å². The quantitative estimate of drug-likeness (QED) is 0.360. The third-order valence-corrected chi connectivity index (χ3v) is 8.18. The third kappa shape index (κ3) is 5.49. The van der Waals surface area contributed by atoms with Crippen molar-refractivity contribution < 1.29 is 14.3 Å². The van der Waals surface area contributed by atoms with Gasteiger partial charge in [0.25, 0.3) is 11.5 Å². The van der Waals surface area contributed by atoms with Crippen molar-refractivity contribution in [2.45, 2.75) is 13.0 Å². The van der Waals surface area contributed by atoms with Crippen LogP contribution in [0.3, 0.4) is 0 Å². The molecule has 0 radical (unpaired) electrons. The van der Waals surface area contributed by atoms with Crippen LogP contribution in [0.2, 0.25) is 0 Å². The van der Waals surface area contributed by atoms with Gasteiger partial charge in [0.05, 0.1) is 31.5 Å². The highest BCUT2D eigenvalue weighted by Crippen LogP contribution is 2.36. The summed E-state index contributed by atoms with van der Waals surface area (Å²) < 4.78 is 6.83. The van der Waals surface area contributed by atoms with Crippen LogP contribution in [0.1, 0.15) is 27.5 Å². The van der Waals surface area contributed by atoms with Crippen LogP contribution >= 0.6 is 0 Å². The highest BCUT2D eigenvalue weighted by molar-refractivity contribution is 5.96. The smallest absolute Gasteiger partial charge is 0.324 e. The number of hydrogen-bond donors (Lipinski definition) is 1. The maximum atomic E-state index is 13.4. The lowest BCUT2D eigenvalue weighted by atomic mass is 10.0. The maximum absolute atomic E-state index is 13.4. The summed E-state index contributed by atoms with van der Waals surface area (Å²) in [7, 11) is 3.52. The van der Waals surface area contributed by atoms with Crippen molar-refractivity contribution in [2.75, 3.05) is 50.1 Å². The number of nitrogens with one attached hydrogen (secondary N) is 1. The van der Waals surface area contributed by atoms with Crippen LogP contribution in [0.25, 0.3) is 11.3 Å². The van der Waals surface area contributed by atoms with Gasteiger partial charge in [0.2, 0.25) is 0 Å². The summed E-state index contributed by atoms with van der Waals surface area (Å²) >= 11 is 0. The van der Waals surface area contributed by atoms with Crippen LogP contribution in [-0.4, -0.2) is 71.2 Å². The molecule has 2 fully saturated rings. The Morgan fingerprint density at radius 1 is 0.930 bits per heavy atom. The van der Waals surface area contributed by atoms with Gasteiger partial charge in [-0.15, -0.1) is 0 Å². The van der Waals surface area contributed by atoms with E-state index in [1.54, 1.807) is 52.2 Å². The number of urea groups is 1. The van der Waals surface area contributed by atoms with Crippen LogP contribution in [0.5, 0.6) is 0 Å². The predicted octanol–water partition coefficient (Wildman–Crippen LogP) is 4.58. The molecular weight excluding hydrogens is 544 g/mol. The summed E-state index contributed by atoms with van der Waals surface area (Å²) in [6.07, 6.45) is 1.70. The average molecular weight is 579 g/mol.